The van der Waals surface area contributed by atoms with Gasteiger partial charge in [-0.05, 0) is 31.2 Å². The number of nitrogens with zero attached hydrogens (tertiary/aromatic N) is 2. The molecule has 0 fully saturated rings. The molecule has 124 valence electrons. The number of rotatable bonds is 4. The van der Waals surface area contributed by atoms with Crippen molar-refractivity contribution in [1.82, 2.24) is 5.01 Å². The summed E-state index contributed by atoms with van der Waals surface area (Å²) in [5, 5.41) is 16.9. The molecule has 0 saturated heterocycles. The number of carbonyl (C=O) groups is 1. The van der Waals surface area contributed by atoms with Gasteiger partial charge in [-0.2, -0.15) is 10.1 Å². The maximum Gasteiger partial charge on any atom is 0.283 e. The van der Waals surface area contributed by atoms with Crippen molar-refractivity contribution in [1.29, 1.82) is 0 Å². The number of amides is 1. The fourth-order valence-corrected chi connectivity index (χ4v) is 2.77. The summed E-state index contributed by atoms with van der Waals surface area (Å²) in [6.45, 7) is 1.56. The van der Waals surface area contributed by atoms with Crippen molar-refractivity contribution in [2.75, 3.05) is 6.61 Å². The lowest BCUT2D eigenvalue weighted by Gasteiger charge is -2.31. The molecule has 0 unspecified atom stereocenters. The van der Waals surface area contributed by atoms with Crippen molar-refractivity contribution in [3.8, 4) is 5.75 Å². The van der Waals surface area contributed by atoms with Gasteiger partial charge < -0.3 is 9.84 Å². The lowest BCUT2D eigenvalue weighted by atomic mass is 9.98. The van der Waals surface area contributed by atoms with E-state index in [1.165, 1.54) is 0 Å². The van der Waals surface area contributed by atoms with E-state index >= 15 is 0 Å². The van der Waals surface area contributed by atoms with Crippen LogP contribution in [0.25, 0.3) is 0 Å². The van der Waals surface area contributed by atoms with Gasteiger partial charge in [0.05, 0.1) is 0 Å². The molecule has 1 aliphatic heterocycles. The fraction of sp³-hybridized carbons (Fsp3) is 0.222. The number of hydrogen-bond donors (Lipinski definition) is 1. The molecule has 6 heteroatoms. The SMILES string of the molecule is CC1=NN(C(=O)COc2ccccc2)[C@@](O)(c2ccc(Cl)cc2)C1. The Bertz CT molecular complexity index is 762. The molecule has 5 nitrogen and oxygen atoms in total. The topological polar surface area (TPSA) is 62.1 Å². The highest BCUT2D eigenvalue weighted by Gasteiger charge is 2.44. The van der Waals surface area contributed by atoms with E-state index in [1.54, 1.807) is 43.3 Å². The van der Waals surface area contributed by atoms with E-state index in [-0.39, 0.29) is 13.0 Å². The van der Waals surface area contributed by atoms with Crippen LogP contribution >= 0.6 is 11.6 Å². The number of aliphatic hydroxyl groups is 1. The summed E-state index contributed by atoms with van der Waals surface area (Å²) >= 11 is 5.90. The first-order valence-corrected chi connectivity index (χ1v) is 7.90. The van der Waals surface area contributed by atoms with E-state index in [9.17, 15) is 9.90 Å². The second kappa shape index (κ2) is 6.63. The Balaban J connectivity index is 1.78. The summed E-state index contributed by atoms with van der Waals surface area (Å²) in [4.78, 5) is 12.5. The molecule has 1 N–H and O–H groups in total. The maximum atomic E-state index is 12.5. The Morgan fingerprint density at radius 1 is 1.25 bits per heavy atom. The highest BCUT2D eigenvalue weighted by atomic mass is 35.5. The van der Waals surface area contributed by atoms with Crippen molar-refractivity contribution >= 4 is 23.2 Å². The summed E-state index contributed by atoms with van der Waals surface area (Å²) < 4.78 is 5.47. The van der Waals surface area contributed by atoms with Gasteiger partial charge in [-0.1, -0.05) is 41.9 Å². The average Bonchev–Trinajstić information content (AvgIpc) is 2.90. The molecule has 1 atom stereocenters. The Hall–Kier alpha value is -2.37. The number of hydrogen-bond acceptors (Lipinski definition) is 4. The van der Waals surface area contributed by atoms with Gasteiger partial charge in [-0.15, -0.1) is 0 Å². The van der Waals surface area contributed by atoms with Gasteiger partial charge >= 0.3 is 0 Å². The minimum Gasteiger partial charge on any atom is -0.484 e. The lowest BCUT2D eigenvalue weighted by molar-refractivity contribution is -0.159. The normalized spacial score (nSPS) is 20.0. The first-order valence-electron chi connectivity index (χ1n) is 7.52. The summed E-state index contributed by atoms with van der Waals surface area (Å²) in [5.41, 5.74) is -0.299. The van der Waals surface area contributed by atoms with Crippen LogP contribution in [0.5, 0.6) is 5.75 Å². The minimum absolute atomic E-state index is 0.212. The van der Waals surface area contributed by atoms with E-state index in [1.807, 2.05) is 18.2 Å². The Labute approximate surface area is 145 Å². The zero-order chi connectivity index (χ0) is 17.2. The zero-order valence-electron chi connectivity index (χ0n) is 13.1. The number of benzene rings is 2. The zero-order valence-corrected chi connectivity index (χ0v) is 13.9. The minimum atomic E-state index is -1.52. The number of para-hydroxylation sites is 1. The molecular weight excluding hydrogens is 328 g/mol. The molecule has 0 saturated carbocycles. The van der Waals surface area contributed by atoms with Gasteiger partial charge in [-0.25, -0.2) is 0 Å². The second-order valence-corrected chi connectivity index (χ2v) is 6.08. The van der Waals surface area contributed by atoms with Crippen LogP contribution in [0.3, 0.4) is 0 Å². The molecule has 0 aliphatic carbocycles. The van der Waals surface area contributed by atoms with Gasteiger partial charge in [0.15, 0.2) is 12.3 Å². The van der Waals surface area contributed by atoms with E-state index in [0.29, 0.717) is 22.0 Å². The van der Waals surface area contributed by atoms with Gasteiger partial charge in [0.25, 0.3) is 5.91 Å². The molecule has 0 bridgehead atoms. The molecule has 24 heavy (non-hydrogen) atoms. The van der Waals surface area contributed by atoms with Crippen LogP contribution in [0.4, 0.5) is 0 Å². The molecule has 0 aromatic heterocycles. The number of carbonyl (C=O) groups excluding carboxylic acids is 1. The predicted molar refractivity (Wildman–Crippen MR) is 91.9 cm³/mol. The molecule has 0 spiro atoms. The lowest BCUT2D eigenvalue weighted by Crippen LogP contribution is -2.45. The van der Waals surface area contributed by atoms with Crippen LogP contribution < -0.4 is 4.74 Å². The molecule has 0 radical (unpaired) electrons. The predicted octanol–water partition coefficient (Wildman–Crippen LogP) is 3.17. The number of halogens is 1. The van der Waals surface area contributed by atoms with E-state index in [2.05, 4.69) is 5.10 Å². The average molecular weight is 345 g/mol. The first kappa shape index (κ1) is 16.5. The van der Waals surface area contributed by atoms with Crippen LogP contribution in [0, 0.1) is 0 Å². The maximum absolute atomic E-state index is 12.5. The van der Waals surface area contributed by atoms with Crippen LogP contribution in [-0.4, -0.2) is 28.3 Å². The largest absolute Gasteiger partial charge is 0.484 e. The molecule has 3 rings (SSSR count). The first-order chi connectivity index (χ1) is 11.5. The van der Waals surface area contributed by atoms with Gasteiger partial charge in [0.2, 0.25) is 0 Å². The fourth-order valence-electron chi connectivity index (χ4n) is 2.65. The summed E-state index contributed by atoms with van der Waals surface area (Å²) in [6.07, 6.45) is 0.242. The van der Waals surface area contributed by atoms with Gasteiger partial charge in [-0.3, -0.25) is 4.79 Å². The van der Waals surface area contributed by atoms with Gasteiger partial charge in [0.1, 0.15) is 5.75 Å². The number of ether oxygens (including phenoxy) is 1. The van der Waals surface area contributed by atoms with Gasteiger partial charge in [0, 0.05) is 22.7 Å². The second-order valence-electron chi connectivity index (χ2n) is 5.64. The Kier molecular flexibility index (Phi) is 4.55. The van der Waals surface area contributed by atoms with Crippen LogP contribution in [-0.2, 0) is 10.5 Å². The van der Waals surface area contributed by atoms with Crippen molar-refractivity contribution in [2.24, 2.45) is 5.10 Å². The molecule has 1 aliphatic rings. The van der Waals surface area contributed by atoms with E-state index in [0.717, 1.165) is 5.01 Å². The van der Waals surface area contributed by atoms with Crippen molar-refractivity contribution in [2.45, 2.75) is 19.1 Å². The van der Waals surface area contributed by atoms with Crippen molar-refractivity contribution in [3.05, 3.63) is 65.2 Å². The summed E-state index contributed by atoms with van der Waals surface area (Å²) in [5.74, 6) is 0.161. The summed E-state index contributed by atoms with van der Waals surface area (Å²) in [7, 11) is 0. The third-order valence-electron chi connectivity index (χ3n) is 3.77. The third kappa shape index (κ3) is 3.27. The smallest absolute Gasteiger partial charge is 0.283 e. The summed E-state index contributed by atoms with van der Waals surface area (Å²) in [6, 6.07) is 15.8. The van der Waals surface area contributed by atoms with Crippen molar-refractivity contribution in [3.63, 3.8) is 0 Å². The van der Waals surface area contributed by atoms with Crippen LogP contribution in [0.15, 0.2) is 59.7 Å². The van der Waals surface area contributed by atoms with E-state index in [4.69, 9.17) is 16.3 Å². The number of hydrazone groups is 1. The van der Waals surface area contributed by atoms with Crippen molar-refractivity contribution < 1.29 is 14.6 Å². The van der Waals surface area contributed by atoms with Crippen LogP contribution in [0.1, 0.15) is 18.9 Å². The van der Waals surface area contributed by atoms with Crippen LogP contribution in [0.2, 0.25) is 5.02 Å². The Morgan fingerprint density at radius 2 is 1.92 bits per heavy atom. The quantitative estimate of drug-likeness (QED) is 0.926. The molecule has 1 heterocycles. The third-order valence-corrected chi connectivity index (χ3v) is 4.02. The molecule has 2 aromatic rings. The molecule has 1 amide bonds. The van der Waals surface area contributed by atoms with E-state index < -0.39 is 11.6 Å². The monoisotopic (exact) mass is 344 g/mol. The Morgan fingerprint density at radius 3 is 2.58 bits per heavy atom. The highest BCUT2D eigenvalue weighted by Crippen LogP contribution is 2.35. The molecular formula is C18H17ClN2O3. The standard InChI is InChI=1S/C18H17ClN2O3/c1-13-11-18(23,14-7-9-15(19)10-8-14)21(20-13)17(22)12-24-16-5-3-2-4-6-16/h2-10,23H,11-12H2,1H3/t18-/m0/s1. The highest BCUT2D eigenvalue weighted by molar-refractivity contribution is 6.30. The molecule has 2 aromatic carbocycles.